The van der Waals surface area contributed by atoms with E-state index in [-0.39, 0.29) is 4.91 Å². The van der Waals surface area contributed by atoms with Gasteiger partial charge in [0.25, 0.3) is 0 Å². The predicted molar refractivity (Wildman–Crippen MR) is 63.3 cm³/mol. The summed E-state index contributed by atoms with van der Waals surface area (Å²) in [6.07, 6.45) is -1.09. The predicted octanol–water partition coefficient (Wildman–Crippen LogP) is 0.936. The van der Waals surface area contributed by atoms with E-state index in [1.165, 1.54) is 20.8 Å². The lowest BCUT2D eigenvalue weighted by molar-refractivity contribution is -0.128. The molecule has 0 bridgehead atoms. The van der Waals surface area contributed by atoms with Crippen LogP contribution >= 0.6 is 0 Å². The number of hydrogen-bond donors (Lipinski definition) is 1. The molecule has 1 N–H and O–H groups in total. The third-order valence-electron chi connectivity index (χ3n) is 1.92. The first-order chi connectivity index (χ1) is 7.98. The quantitative estimate of drug-likeness (QED) is 0.757. The van der Waals surface area contributed by atoms with Crippen LogP contribution in [0.15, 0.2) is 11.5 Å². The van der Waals surface area contributed by atoms with Gasteiger partial charge in [0, 0.05) is 0 Å². The Morgan fingerprint density at radius 2 is 1.83 bits per heavy atom. The van der Waals surface area contributed by atoms with Crippen molar-refractivity contribution in [2.24, 2.45) is 0 Å². The third kappa shape index (κ3) is 4.82. The summed E-state index contributed by atoms with van der Waals surface area (Å²) in [4.78, 5) is 20.6. The van der Waals surface area contributed by atoms with Gasteiger partial charge in [0.2, 0.25) is 0 Å². The van der Waals surface area contributed by atoms with Crippen molar-refractivity contribution in [3.05, 3.63) is 11.5 Å². The molecule has 8 heteroatoms. The van der Waals surface area contributed by atoms with Crippen molar-refractivity contribution in [2.75, 3.05) is 13.2 Å². The number of hydrogen-bond acceptors (Lipinski definition) is 5. The van der Waals surface area contributed by atoms with Gasteiger partial charge < -0.3 is 10.1 Å². The zero-order valence-electron chi connectivity index (χ0n) is 10.4. The molecule has 0 fully saturated rings. The second kappa shape index (κ2) is 5.94. The molecule has 1 amide bonds. The topological polar surface area (TPSA) is 89.5 Å². The molecule has 0 saturated carbocycles. The monoisotopic (exact) mass is 281 g/mol. The van der Waals surface area contributed by atoms with Gasteiger partial charge in [-0.3, -0.25) is 4.79 Å². The van der Waals surface area contributed by atoms with E-state index >= 15 is 0 Å². The van der Waals surface area contributed by atoms with Crippen molar-refractivity contribution in [2.45, 2.75) is 25.5 Å². The second-order valence-electron chi connectivity index (χ2n) is 4.44. The van der Waals surface area contributed by atoms with Crippen molar-refractivity contribution in [3.63, 3.8) is 0 Å². The van der Waals surface area contributed by atoms with E-state index in [0.29, 0.717) is 0 Å². The molecule has 6 nitrogen and oxygen atoms in total. The van der Waals surface area contributed by atoms with E-state index in [1.54, 1.807) is 5.32 Å². The van der Waals surface area contributed by atoms with Gasteiger partial charge >= 0.3 is 12.1 Å². The number of amides is 1. The van der Waals surface area contributed by atoms with E-state index in [9.17, 15) is 22.4 Å². The van der Waals surface area contributed by atoms with Crippen LogP contribution in [0.1, 0.15) is 20.8 Å². The van der Waals surface area contributed by atoms with E-state index in [2.05, 4.69) is 11.3 Å². The highest BCUT2D eigenvalue weighted by atomic mass is 32.2. The molecule has 104 valence electrons. The Morgan fingerprint density at radius 3 is 2.22 bits per heavy atom. The normalized spacial score (nSPS) is 11.8. The van der Waals surface area contributed by atoms with Crippen LogP contribution < -0.4 is 5.32 Å². The molecule has 0 heterocycles. The summed E-state index contributed by atoms with van der Waals surface area (Å²) >= 11 is 0. The van der Waals surface area contributed by atoms with Gasteiger partial charge in [-0.15, -0.1) is 0 Å². The standard InChI is InChI=1S/C10H16FNO5S/c1-7(18(15,16)10(2,3)4)6-17-9(14)12-5-8(11)13/h1,5-6H2,2-4H3,(H,12,14). The van der Waals surface area contributed by atoms with Crippen molar-refractivity contribution in [3.8, 4) is 0 Å². The largest absolute Gasteiger partial charge is 0.444 e. The van der Waals surface area contributed by atoms with Crippen LogP contribution in [0.2, 0.25) is 0 Å². The Labute approximate surface area is 105 Å². The average molecular weight is 281 g/mol. The fourth-order valence-electron chi connectivity index (χ4n) is 0.849. The minimum Gasteiger partial charge on any atom is -0.444 e. The summed E-state index contributed by atoms with van der Waals surface area (Å²) in [5.74, 6) is 0. The minimum absolute atomic E-state index is 0.267. The number of carbonyl (C=O) groups is 2. The third-order valence-corrected chi connectivity index (χ3v) is 4.41. The van der Waals surface area contributed by atoms with Crippen molar-refractivity contribution >= 4 is 22.0 Å². The summed E-state index contributed by atoms with van der Waals surface area (Å²) in [6, 6.07) is -1.73. The maximum Gasteiger partial charge on any atom is 0.407 e. The molecule has 0 unspecified atom stereocenters. The van der Waals surface area contributed by atoms with Crippen LogP contribution in [0, 0.1) is 0 Å². The van der Waals surface area contributed by atoms with E-state index in [4.69, 9.17) is 0 Å². The van der Waals surface area contributed by atoms with Crippen LogP contribution in [-0.2, 0) is 19.4 Å². The lowest BCUT2D eigenvalue weighted by atomic mass is 10.3. The summed E-state index contributed by atoms with van der Waals surface area (Å²) in [5.41, 5.74) is 0. The zero-order valence-corrected chi connectivity index (χ0v) is 11.3. The van der Waals surface area contributed by atoms with Gasteiger partial charge in [0.1, 0.15) is 13.2 Å². The Bertz CT molecular complexity index is 449. The average Bonchev–Trinajstić information content (AvgIpc) is 2.21. The molecule has 18 heavy (non-hydrogen) atoms. The molecule has 0 spiro atoms. The van der Waals surface area contributed by atoms with E-state index < -0.39 is 39.9 Å². The lowest BCUT2D eigenvalue weighted by Gasteiger charge is -2.20. The molecule has 0 aromatic carbocycles. The van der Waals surface area contributed by atoms with Gasteiger partial charge in [-0.1, -0.05) is 6.58 Å². The Hall–Kier alpha value is -1.44. The molecule has 0 rings (SSSR count). The number of sulfone groups is 1. The number of alkyl carbamates (subject to hydrolysis) is 1. The van der Waals surface area contributed by atoms with E-state index in [0.717, 1.165) is 0 Å². The molecule has 0 aliphatic carbocycles. The Morgan fingerprint density at radius 1 is 1.33 bits per heavy atom. The second-order valence-corrected chi connectivity index (χ2v) is 7.25. The van der Waals surface area contributed by atoms with Gasteiger partial charge in [0.15, 0.2) is 9.84 Å². The van der Waals surface area contributed by atoms with Crippen molar-refractivity contribution in [1.82, 2.24) is 5.32 Å². The Kier molecular flexibility index (Phi) is 5.47. The molecule has 0 saturated heterocycles. The first kappa shape index (κ1) is 16.6. The first-order valence-electron chi connectivity index (χ1n) is 5.00. The molecule has 0 radical (unpaired) electrons. The Balaban J connectivity index is 4.37. The smallest absolute Gasteiger partial charge is 0.407 e. The molecule has 0 aromatic rings. The first-order valence-corrected chi connectivity index (χ1v) is 6.48. The molecule has 0 aliphatic heterocycles. The maximum atomic E-state index is 11.8. The van der Waals surface area contributed by atoms with Gasteiger partial charge in [-0.25, -0.2) is 13.2 Å². The molecule has 0 aromatic heterocycles. The minimum atomic E-state index is -3.64. The maximum absolute atomic E-state index is 11.8. The highest BCUT2D eigenvalue weighted by Gasteiger charge is 2.32. The van der Waals surface area contributed by atoms with Crippen LogP contribution in [0.5, 0.6) is 0 Å². The zero-order chi connectivity index (χ0) is 14.6. The summed E-state index contributed by atoms with van der Waals surface area (Å²) in [5, 5.41) is 1.81. The van der Waals surface area contributed by atoms with Crippen molar-refractivity contribution in [1.29, 1.82) is 0 Å². The fourth-order valence-corrected chi connectivity index (χ4v) is 1.93. The molecular weight excluding hydrogens is 265 g/mol. The van der Waals surface area contributed by atoms with E-state index in [1.807, 2.05) is 0 Å². The lowest BCUT2D eigenvalue weighted by Crippen LogP contribution is -2.33. The summed E-state index contributed by atoms with van der Waals surface area (Å²) < 4.78 is 38.8. The molecule has 0 aliphatic rings. The number of ether oxygens (including phenoxy) is 1. The number of rotatable bonds is 5. The number of nitrogens with one attached hydrogen (secondary N) is 1. The SMILES string of the molecule is C=C(COC(=O)NCC(=O)F)S(=O)(=O)C(C)(C)C. The fraction of sp³-hybridized carbons (Fsp3) is 0.600. The van der Waals surface area contributed by atoms with Crippen LogP contribution in [-0.4, -0.2) is 38.4 Å². The van der Waals surface area contributed by atoms with Gasteiger partial charge in [-0.05, 0) is 20.8 Å². The van der Waals surface area contributed by atoms with Gasteiger partial charge in [-0.2, -0.15) is 4.39 Å². The van der Waals surface area contributed by atoms with Crippen LogP contribution in [0.25, 0.3) is 0 Å². The van der Waals surface area contributed by atoms with Crippen molar-refractivity contribution < 1.29 is 27.1 Å². The summed E-state index contributed by atoms with van der Waals surface area (Å²) in [6.45, 7) is 6.40. The highest BCUT2D eigenvalue weighted by Crippen LogP contribution is 2.22. The summed E-state index contributed by atoms with van der Waals surface area (Å²) in [7, 11) is -3.64. The molecule has 0 atom stereocenters. The van der Waals surface area contributed by atoms with Gasteiger partial charge in [0.05, 0.1) is 9.65 Å². The van der Waals surface area contributed by atoms with Crippen LogP contribution in [0.3, 0.4) is 0 Å². The van der Waals surface area contributed by atoms with Crippen LogP contribution in [0.4, 0.5) is 9.18 Å². The molecular formula is C10H16FNO5S. The highest BCUT2D eigenvalue weighted by molar-refractivity contribution is 7.96. The number of halogens is 1. The number of carbonyl (C=O) groups excluding carboxylic acids is 2.